The highest BCUT2D eigenvalue weighted by Crippen LogP contribution is 2.33. The Morgan fingerprint density at radius 3 is 2.35 bits per heavy atom. The van der Waals surface area contributed by atoms with Crippen molar-refractivity contribution in [3.63, 3.8) is 0 Å². The molecule has 0 aliphatic carbocycles. The number of carboxylic acid groups (broad SMARTS) is 1. The van der Waals surface area contributed by atoms with Gasteiger partial charge in [-0.25, -0.2) is 4.79 Å². The number of carbonyl (C=O) groups excluding carboxylic acids is 1. The van der Waals surface area contributed by atoms with Crippen LogP contribution in [0.25, 0.3) is 0 Å². The van der Waals surface area contributed by atoms with Crippen LogP contribution in [0.2, 0.25) is 0 Å². The molecular weight excluding hydrogens is 350 g/mol. The number of carboxylic acids is 1. The van der Waals surface area contributed by atoms with Gasteiger partial charge in [0.05, 0.1) is 5.56 Å². The molecule has 1 aliphatic rings. The summed E-state index contributed by atoms with van der Waals surface area (Å²) in [4.78, 5) is 27.7. The van der Waals surface area contributed by atoms with Crippen molar-refractivity contribution in [1.82, 2.24) is 4.90 Å². The summed E-state index contributed by atoms with van der Waals surface area (Å²) < 4.78 is 0. The highest BCUT2D eigenvalue weighted by atomic mass is 32.2. The minimum Gasteiger partial charge on any atom is -0.479 e. The smallest absolute Gasteiger partial charge is 0.335 e. The molecule has 0 aromatic heterocycles. The number of hydrogen-bond donors (Lipinski definition) is 2. The summed E-state index contributed by atoms with van der Waals surface area (Å²) in [5.41, 5.74) is -0.0600. The van der Waals surface area contributed by atoms with Crippen LogP contribution in [0.4, 0.5) is 0 Å². The van der Waals surface area contributed by atoms with Crippen molar-refractivity contribution >= 4 is 23.6 Å². The van der Waals surface area contributed by atoms with E-state index in [1.807, 2.05) is 55.5 Å². The quantitative estimate of drug-likeness (QED) is 0.863. The zero-order valence-corrected chi connectivity index (χ0v) is 15.3. The van der Waals surface area contributed by atoms with Gasteiger partial charge in [-0.2, -0.15) is 0 Å². The molecule has 0 spiro atoms. The highest BCUT2D eigenvalue weighted by Gasteiger charge is 2.40. The molecule has 6 heteroatoms. The van der Waals surface area contributed by atoms with E-state index in [1.54, 1.807) is 4.90 Å². The first kappa shape index (κ1) is 18.5. The lowest BCUT2D eigenvalue weighted by molar-refractivity contribution is -0.162. The molecule has 0 bridgehead atoms. The monoisotopic (exact) mass is 371 g/mol. The van der Waals surface area contributed by atoms with Crippen molar-refractivity contribution < 1.29 is 19.8 Å². The third kappa shape index (κ3) is 3.92. The van der Waals surface area contributed by atoms with E-state index in [0.717, 1.165) is 15.4 Å². The van der Waals surface area contributed by atoms with Crippen molar-refractivity contribution in [2.75, 3.05) is 13.1 Å². The fourth-order valence-electron chi connectivity index (χ4n) is 2.97. The lowest BCUT2D eigenvalue weighted by Crippen LogP contribution is -2.50. The van der Waals surface area contributed by atoms with Crippen LogP contribution in [-0.2, 0) is 4.79 Å². The zero-order valence-electron chi connectivity index (χ0n) is 14.5. The topological polar surface area (TPSA) is 77.8 Å². The molecule has 0 atom stereocenters. The van der Waals surface area contributed by atoms with Gasteiger partial charge in [0.25, 0.3) is 5.91 Å². The molecule has 136 valence electrons. The molecule has 1 saturated heterocycles. The van der Waals surface area contributed by atoms with E-state index in [0.29, 0.717) is 5.56 Å². The second kappa shape index (κ2) is 7.51. The Labute approximate surface area is 156 Å². The standard InChI is InChI=1S/C20H21NO4S/c1-14-7-8-16(17(13-14)26-15-5-3-2-4-6-15)18(22)21-11-9-20(25,10-12-21)19(23)24/h2-8,13,25H,9-12H2,1H3,(H,23,24). The van der Waals surface area contributed by atoms with Gasteiger partial charge in [-0.05, 0) is 36.8 Å². The number of carbonyl (C=O) groups is 2. The molecule has 1 aliphatic heterocycles. The molecule has 2 aromatic rings. The summed E-state index contributed by atoms with van der Waals surface area (Å²) >= 11 is 1.53. The van der Waals surface area contributed by atoms with Gasteiger partial charge in [0.15, 0.2) is 5.60 Å². The lowest BCUT2D eigenvalue weighted by Gasteiger charge is -2.35. The molecule has 1 fully saturated rings. The minimum atomic E-state index is -1.73. The first-order valence-electron chi connectivity index (χ1n) is 8.48. The number of likely N-dealkylation sites (tertiary alicyclic amines) is 1. The highest BCUT2D eigenvalue weighted by molar-refractivity contribution is 7.99. The SMILES string of the molecule is Cc1ccc(C(=O)N2CCC(O)(C(=O)O)CC2)c(Sc2ccccc2)c1. The molecule has 0 radical (unpaired) electrons. The van der Waals surface area contributed by atoms with E-state index < -0.39 is 11.6 Å². The summed E-state index contributed by atoms with van der Waals surface area (Å²) in [5.74, 6) is -1.35. The maximum Gasteiger partial charge on any atom is 0.335 e. The fourth-order valence-corrected chi connectivity index (χ4v) is 4.03. The Kier molecular flexibility index (Phi) is 5.34. The molecule has 26 heavy (non-hydrogen) atoms. The Bertz CT molecular complexity index is 814. The lowest BCUT2D eigenvalue weighted by atomic mass is 9.91. The van der Waals surface area contributed by atoms with Crippen LogP contribution < -0.4 is 0 Å². The van der Waals surface area contributed by atoms with Crippen LogP contribution in [0.5, 0.6) is 0 Å². The largest absolute Gasteiger partial charge is 0.479 e. The molecule has 0 unspecified atom stereocenters. The van der Waals surface area contributed by atoms with Gasteiger partial charge in [0.1, 0.15) is 0 Å². The fraction of sp³-hybridized carbons (Fsp3) is 0.300. The Hall–Kier alpha value is -2.31. The molecule has 3 rings (SSSR count). The molecule has 0 saturated carbocycles. The Morgan fingerprint density at radius 1 is 1.08 bits per heavy atom. The molecule has 2 N–H and O–H groups in total. The van der Waals surface area contributed by atoms with Crippen molar-refractivity contribution in [1.29, 1.82) is 0 Å². The van der Waals surface area contributed by atoms with Gasteiger partial charge in [0, 0.05) is 35.7 Å². The number of nitrogens with zero attached hydrogens (tertiary/aromatic N) is 1. The number of aryl methyl sites for hydroxylation is 1. The van der Waals surface area contributed by atoms with Crippen LogP contribution in [0.1, 0.15) is 28.8 Å². The molecule has 1 heterocycles. The van der Waals surface area contributed by atoms with Crippen molar-refractivity contribution in [3.8, 4) is 0 Å². The Morgan fingerprint density at radius 2 is 1.73 bits per heavy atom. The second-order valence-corrected chi connectivity index (χ2v) is 7.66. The van der Waals surface area contributed by atoms with E-state index in [1.165, 1.54) is 11.8 Å². The molecule has 1 amide bonds. The number of aliphatic carboxylic acids is 1. The van der Waals surface area contributed by atoms with Crippen LogP contribution >= 0.6 is 11.8 Å². The summed E-state index contributed by atoms with van der Waals surface area (Å²) in [6.07, 6.45) is 0.0855. The van der Waals surface area contributed by atoms with E-state index in [4.69, 9.17) is 5.11 Å². The van der Waals surface area contributed by atoms with Crippen LogP contribution in [-0.4, -0.2) is 45.7 Å². The van der Waals surface area contributed by atoms with E-state index >= 15 is 0 Å². The number of amides is 1. The zero-order chi connectivity index (χ0) is 18.7. The summed E-state index contributed by atoms with van der Waals surface area (Å²) in [5, 5.41) is 19.2. The number of benzene rings is 2. The van der Waals surface area contributed by atoms with Gasteiger partial charge < -0.3 is 15.1 Å². The molecular formula is C20H21NO4S. The van der Waals surface area contributed by atoms with Crippen molar-refractivity contribution in [3.05, 3.63) is 59.7 Å². The number of piperidine rings is 1. The number of hydrogen-bond acceptors (Lipinski definition) is 4. The third-order valence-corrected chi connectivity index (χ3v) is 5.68. The number of aliphatic hydroxyl groups is 1. The van der Waals surface area contributed by atoms with Gasteiger partial charge in [-0.1, -0.05) is 36.0 Å². The van der Waals surface area contributed by atoms with Gasteiger partial charge in [0.2, 0.25) is 0 Å². The van der Waals surface area contributed by atoms with Crippen LogP contribution in [0.15, 0.2) is 58.3 Å². The molecule has 2 aromatic carbocycles. The maximum absolute atomic E-state index is 13.0. The first-order valence-corrected chi connectivity index (χ1v) is 9.29. The molecule has 5 nitrogen and oxygen atoms in total. The normalized spacial score (nSPS) is 16.3. The van der Waals surface area contributed by atoms with Crippen LogP contribution in [0.3, 0.4) is 0 Å². The average molecular weight is 371 g/mol. The van der Waals surface area contributed by atoms with Crippen molar-refractivity contribution in [2.24, 2.45) is 0 Å². The predicted molar refractivity (Wildman–Crippen MR) is 99.5 cm³/mol. The van der Waals surface area contributed by atoms with E-state index in [-0.39, 0.29) is 31.8 Å². The van der Waals surface area contributed by atoms with Crippen molar-refractivity contribution in [2.45, 2.75) is 35.2 Å². The summed E-state index contributed by atoms with van der Waals surface area (Å²) in [6, 6.07) is 15.6. The maximum atomic E-state index is 13.0. The Balaban J connectivity index is 1.81. The summed E-state index contributed by atoms with van der Waals surface area (Å²) in [6.45, 7) is 2.44. The van der Waals surface area contributed by atoms with Gasteiger partial charge in [-0.3, -0.25) is 4.79 Å². The van der Waals surface area contributed by atoms with Gasteiger partial charge >= 0.3 is 5.97 Å². The minimum absolute atomic E-state index is 0.0428. The average Bonchev–Trinajstić information content (AvgIpc) is 2.63. The van der Waals surface area contributed by atoms with E-state index in [9.17, 15) is 14.7 Å². The van der Waals surface area contributed by atoms with Gasteiger partial charge in [-0.15, -0.1) is 0 Å². The number of rotatable bonds is 4. The predicted octanol–water partition coefficient (Wildman–Crippen LogP) is 3.20. The van der Waals surface area contributed by atoms with E-state index in [2.05, 4.69) is 0 Å². The third-order valence-electron chi connectivity index (χ3n) is 4.61. The van der Waals surface area contributed by atoms with Crippen LogP contribution in [0, 0.1) is 6.92 Å². The second-order valence-electron chi connectivity index (χ2n) is 6.54. The first-order chi connectivity index (χ1) is 12.4. The summed E-state index contributed by atoms with van der Waals surface area (Å²) in [7, 11) is 0.